The van der Waals surface area contributed by atoms with Crippen molar-refractivity contribution in [3.05, 3.63) is 34.9 Å². The van der Waals surface area contributed by atoms with Gasteiger partial charge in [0.25, 0.3) is 0 Å². The first-order valence-electron chi connectivity index (χ1n) is 7.39. The van der Waals surface area contributed by atoms with E-state index in [9.17, 15) is 5.11 Å². The molecule has 1 heterocycles. The second-order valence-corrected chi connectivity index (χ2v) is 6.00. The number of hydrogen-bond acceptors (Lipinski definition) is 3. The van der Waals surface area contributed by atoms with Crippen molar-refractivity contribution in [1.29, 1.82) is 0 Å². The molecule has 0 aliphatic carbocycles. The van der Waals surface area contributed by atoms with Gasteiger partial charge in [0.1, 0.15) is 0 Å². The van der Waals surface area contributed by atoms with Crippen molar-refractivity contribution >= 4 is 11.6 Å². The first-order valence-corrected chi connectivity index (χ1v) is 7.77. The number of morpholine rings is 1. The molecular formula is C16H24ClNO2. The summed E-state index contributed by atoms with van der Waals surface area (Å²) in [6, 6.07) is 8.21. The lowest BCUT2D eigenvalue weighted by Gasteiger charge is -2.40. The molecule has 0 spiro atoms. The minimum absolute atomic E-state index is 0.112. The van der Waals surface area contributed by atoms with Gasteiger partial charge in [-0.3, -0.25) is 0 Å². The number of rotatable bonds is 5. The normalized spacial score (nSPS) is 23.8. The van der Waals surface area contributed by atoms with Crippen molar-refractivity contribution in [1.82, 2.24) is 5.32 Å². The van der Waals surface area contributed by atoms with Gasteiger partial charge in [-0.05, 0) is 37.0 Å². The van der Waals surface area contributed by atoms with Crippen LogP contribution in [0.25, 0.3) is 0 Å². The number of halogens is 1. The lowest BCUT2D eigenvalue weighted by molar-refractivity contribution is -0.131. The van der Waals surface area contributed by atoms with Crippen molar-refractivity contribution in [2.45, 2.75) is 50.9 Å². The van der Waals surface area contributed by atoms with Gasteiger partial charge in [-0.2, -0.15) is 0 Å². The number of hydrogen-bond donors (Lipinski definition) is 2. The first kappa shape index (κ1) is 15.8. The molecular weight excluding hydrogens is 274 g/mol. The Morgan fingerprint density at radius 1 is 1.30 bits per heavy atom. The largest absolute Gasteiger partial charge is 0.387 e. The summed E-state index contributed by atoms with van der Waals surface area (Å²) in [6.45, 7) is 5.35. The zero-order chi connectivity index (χ0) is 14.6. The summed E-state index contributed by atoms with van der Waals surface area (Å²) in [7, 11) is 0. The van der Waals surface area contributed by atoms with Crippen molar-refractivity contribution in [3.63, 3.8) is 0 Å². The van der Waals surface area contributed by atoms with E-state index < -0.39 is 5.60 Å². The summed E-state index contributed by atoms with van der Waals surface area (Å²) in [5.41, 5.74) is 0.535. The summed E-state index contributed by atoms with van der Waals surface area (Å²) in [5.74, 6) is 0. The van der Waals surface area contributed by atoms with Crippen LogP contribution in [0.1, 0.15) is 32.3 Å². The van der Waals surface area contributed by atoms with Crippen LogP contribution in [0.15, 0.2) is 24.3 Å². The molecule has 0 radical (unpaired) electrons. The number of benzene rings is 1. The van der Waals surface area contributed by atoms with Crippen LogP contribution < -0.4 is 5.32 Å². The predicted molar refractivity (Wildman–Crippen MR) is 82.2 cm³/mol. The van der Waals surface area contributed by atoms with E-state index in [4.69, 9.17) is 16.3 Å². The summed E-state index contributed by atoms with van der Waals surface area (Å²) < 4.78 is 5.89. The molecule has 2 N–H and O–H groups in total. The smallest absolute Gasteiger partial charge is 0.0986 e. The van der Waals surface area contributed by atoms with Gasteiger partial charge in [-0.1, -0.05) is 37.6 Å². The number of ether oxygens (including phenoxy) is 1. The lowest BCUT2D eigenvalue weighted by Crippen LogP contribution is -2.56. The third-order valence-electron chi connectivity index (χ3n) is 4.31. The van der Waals surface area contributed by atoms with Crippen LogP contribution in [-0.4, -0.2) is 36.0 Å². The quantitative estimate of drug-likeness (QED) is 0.878. The van der Waals surface area contributed by atoms with E-state index >= 15 is 0 Å². The molecule has 1 aliphatic rings. The van der Waals surface area contributed by atoms with Crippen molar-refractivity contribution < 1.29 is 9.84 Å². The molecule has 0 unspecified atom stereocenters. The monoisotopic (exact) mass is 297 g/mol. The summed E-state index contributed by atoms with van der Waals surface area (Å²) in [5, 5.41) is 14.7. The van der Waals surface area contributed by atoms with Gasteiger partial charge in [0, 0.05) is 17.6 Å². The molecule has 0 bridgehead atoms. The van der Waals surface area contributed by atoms with Crippen LogP contribution in [0.5, 0.6) is 0 Å². The minimum atomic E-state index is -0.710. The molecule has 2 atom stereocenters. The third kappa shape index (κ3) is 3.73. The highest BCUT2D eigenvalue weighted by molar-refractivity contribution is 6.30. The second kappa shape index (κ2) is 6.90. The Morgan fingerprint density at radius 2 is 1.95 bits per heavy atom. The Balaban J connectivity index is 1.87. The molecule has 1 aromatic carbocycles. The molecule has 3 nitrogen and oxygen atoms in total. The number of nitrogens with one attached hydrogen (secondary N) is 1. The van der Waals surface area contributed by atoms with Gasteiger partial charge in [-0.15, -0.1) is 0 Å². The average molecular weight is 298 g/mol. The van der Waals surface area contributed by atoms with Crippen LogP contribution in [0.2, 0.25) is 5.02 Å². The lowest BCUT2D eigenvalue weighted by atomic mass is 9.89. The SMILES string of the molecule is CCC(O)(CC)[C@H]1CN[C@@H](Cc2ccc(Cl)cc2)CO1. The average Bonchev–Trinajstić information content (AvgIpc) is 2.49. The predicted octanol–water partition coefficient (Wildman–Crippen LogP) is 2.79. The van der Waals surface area contributed by atoms with Gasteiger partial charge >= 0.3 is 0 Å². The highest BCUT2D eigenvalue weighted by Crippen LogP contribution is 2.24. The summed E-state index contributed by atoms with van der Waals surface area (Å²) in [6.07, 6.45) is 2.25. The maximum Gasteiger partial charge on any atom is 0.0986 e. The van der Waals surface area contributed by atoms with Gasteiger partial charge in [0.2, 0.25) is 0 Å². The third-order valence-corrected chi connectivity index (χ3v) is 4.56. The van der Waals surface area contributed by atoms with E-state index in [0.717, 1.165) is 24.3 Å². The molecule has 20 heavy (non-hydrogen) atoms. The molecule has 1 aromatic rings. The van der Waals surface area contributed by atoms with E-state index in [1.165, 1.54) is 5.56 Å². The maximum atomic E-state index is 10.5. The van der Waals surface area contributed by atoms with E-state index in [2.05, 4.69) is 5.32 Å². The zero-order valence-electron chi connectivity index (χ0n) is 12.2. The fourth-order valence-electron chi connectivity index (χ4n) is 2.71. The van der Waals surface area contributed by atoms with Crippen LogP contribution >= 0.6 is 11.6 Å². The zero-order valence-corrected chi connectivity index (χ0v) is 13.0. The van der Waals surface area contributed by atoms with E-state index in [0.29, 0.717) is 19.2 Å². The van der Waals surface area contributed by atoms with E-state index in [-0.39, 0.29) is 6.10 Å². The Hall–Kier alpha value is -0.610. The fraction of sp³-hybridized carbons (Fsp3) is 0.625. The standard InChI is InChI=1S/C16H24ClNO2/c1-3-16(19,4-2)15-10-18-14(11-20-15)9-12-5-7-13(17)8-6-12/h5-8,14-15,18-19H,3-4,9-11H2,1-2H3/t14-,15+/m0/s1. The van der Waals surface area contributed by atoms with Gasteiger partial charge in [0.05, 0.1) is 18.3 Å². The van der Waals surface area contributed by atoms with Gasteiger partial charge in [-0.25, -0.2) is 0 Å². The molecule has 0 saturated carbocycles. The molecule has 4 heteroatoms. The first-order chi connectivity index (χ1) is 9.57. The van der Waals surface area contributed by atoms with Crippen LogP contribution in [0, 0.1) is 0 Å². The molecule has 1 saturated heterocycles. The van der Waals surface area contributed by atoms with E-state index in [1.54, 1.807) is 0 Å². The van der Waals surface area contributed by atoms with Gasteiger partial charge < -0.3 is 15.2 Å². The topological polar surface area (TPSA) is 41.5 Å². The van der Waals surface area contributed by atoms with Gasteiger partial charge in [0.15, 0.2) is 0 Å². The van der Waals surface area contributed by atoms with Crippen LogP contribution in [0.3, 0.4) is 0 Å². The van der Waals surface area contributed by atoms with Crippen LogP contribution in [0.4, 0.5) is 0 Å². The molecule has 1 fully saturated rings. The highest BCUT2D eigenvalue weighted by Gasteiger charge is 2.37. The minimum Gasteiger partial charge on any atom is -0.387 e. The molecule has 112 valence electrons. The molecule has 0 amide bonds. The van der Waals surface area contributed by atoms with Crippen LogP contribution in [-0.2, 0) is 11.2 Å². The van der Waals surface area contributed by atoms with E-state index in [1.807, 2.05) is 38.1 Å². The Labute approximate surface area is 126 Å². The Morgan fingerprint density at radius 3 is 2.45 bits per heavy atom. The van der Waals surface area contributed by atoms with Crippen molar-refractivity contribution in [3.8, 4) is 0 Å². The van der Waals surface area contributed by atoms with Crippen molar-refractivity contribution in [2.75, 3.05) is 13.2 Å². The molecule has 2 rings (SSSR count). The summed E-state index contributed by atoms with van der Waals surface area (Å²) in [4.78, 5) is 0. The second-order valence-electron chi connectivity index (χ2n) is 5.57. The Kier molecular flexibility index (Phi) is 5.44. The highest BCUT2D eigenvalue weighted by atomic mass is 35.5. The number of aliphatic hydroxyl groups is 1. The molecule has 1 aliphatic heterocycles. The molecule has 0 aromatic heterocycles. The Bertz CT molecular complexity index is 409. The van der Waals surface area contributed by atoms with Crippen molar-refractivity contribution in [2.24, 2.45) is 0 Å². The maximum absolute atomic E-state index is 10.5. The fourth-order valence-corrected chi connectivity index (χ4v) is 2.84. The summed E-state index contributed by atoms with van der Waals surface area (Å²) >= 11 is 5.89.